The number of rotatable bonds is 4. The van der Waals surface area contributed by atoms with Gasteiger partial charge in [0.2, 0.25) is 0 Å². The molecule has 19 heavy (non-hydrogen) atoms. The van der Waals surface area contributed by atoms with Crippen LogP contribution in [-0.2, 0) is 6.42 Å². The van der Waals surface area contributed by atoms with Gasteiger partial charge in [-0.15, -0.1) is 0 Å². The summed E-state index contributed by atoms with van der Waals surface area (Å²) in [4.78, 5) is 16.9. The molecule has 0 spiro atoms. The zero-order valence-corrected chi connectivity index (χ0v) is 11.2. The number of allylic oxidation sites excluding steroid dienone is 2. The summed E-state index contributed by atoms with van der Waals surface area (Å²) in [5.74, 6) is 0.701. The highest BCUT2D eigenvalue weighted by atomic mass is 16.1. The van der Waals surface area contributed by atoms with E-state index in [2.05, 4.69) is 17.0 Å². The molecule has 1 aromatic carbocycles. The van der Waals surface area contributed by atoms with Gasteiger partial charge in [0.1, 0.15) is 5.82 Å². The summed E-state index contributed by atoms with van der Waals surface area (Å²) in [6.45, 7) is 3.96. The summed E-state index contributed by atoms with van der Waals surface area (Å²) < 4.78 is 1.39. The number of nitrogens with zero attached hydrogens (tertiary/aromatic N) is 3. The lowest BCUT2D eigenvalue weighted by atomic mass is 10.2. The summed E-state index contributed by atoms with van der Waals surface area (Å²) in [5, 5.41) is 4.79. The molecule has 0 radical (unpaired) electrons. The Morgan fingerprint density at radius 2 is 2.16 bits per heavy atom. The lowest BCUT2D eigenvalue weighted by Crippen LogP contribution is -2.22. The van der Waals surface area contributed by atoms with Crippen LogP contribution in [0.5, 0.6) is 0 Å². The summed E-state index contributed by atoms with van der Waals surface area (Å²) in [5.41, 5.74) is 0.614. The highest BCUT2D eigenvalue weighted by Gasteiger charge is 2.08. The minimum atomic E-state index is -0.116. The monoisotopic (exact) mass is 255 g/mol. The van der Waals surface area contributed by atoms with E-state index >= 15 is 0 Å². The first-order valence-corrected chi connectivity index (χ1v) is 6.44. The Labute approximate surface area is 112 Å². The van der Waals surface area contributed by atoms with Gasteiger partial charge in [0, 0.05) is 12.6 Å². The topological polar surface area (TPSA) is 47.2 Å². The van der Waals surface area contributed by atoms with Gasteiger partial charge in [-0.3, -0.25) is 4.79 Å². The molecule has 0 aliphatic heterocycles. The Morgan fingerprint density at radius 3 is 2.89 bits per heavy atom. The van der Waals surface area contributed by atoms with E-state index in [1.54, 1.807) is 18.4 Å². The number of benzene rings is 1. The maximum Gasteiger partial charge on any atom is 0.282 e. The second kappa shape index (κ2) is 6.09. The SMILES string of the molecule is C/C=C\C=N/n1c(CCC)nc2ccccc2c1=O. The van der Waals surface area contributed by atoms with E-state index in [0.29, 0.717) is 11.2 Å². The summed E-state index contributed by atoms with van der Waals surface area (Å²) >= 11 is 0. The fourth-order valence-electron chi connectivity index (χ4n) is 1.87. The van der Waals surface area contributed by atoms with Gasteiger partial charge in [0.05, 0.1) is 10.9 Å². The Bertz CT molecular complexity index is 683. The Kier molecular flexibility index (Phi) is 4.23. The van der Waals surface area contributed by atoms with Crippen molar-refractivity contribution in [1.29, 1.82) is 0 Å². The van der Waals surface area contributed by atoms with Gasteiger partial charge in [0.25, 0.3) is 5.56 Å². The van der Waals surface area contributed by atoms with Crippen molar-refractivity contribution in [2.75, 3.05) is 0 Å². The first-order valence-electron chi connectivity index (χ1n) is 6.44. The molecule has 1 aromatic heterocycles. The van der Waals surface area contributed by atoms with E-state index in [-0.39, 0.29) is 5.56 Å². The first kappa shape index (κ1) is 13.2. The largest absolute Gasteiger partial charge is 0.282 e. The molecule has 0 saturated carbocycles. The second-order valence-electron chi connectivity index (χ2n) is 4.20. The molecule has 0 aliphatic rings. The lowest BCUT2D eigenvalue weighted by molar-refractivity contribution is 0.704. The molecule has 2 aromatic rings. The molecule has 0 unspecified atom stereocenters. The number of hydrogen-bond donors (Lipinski definition) is 0. The number of hydrogen-bond acceptors (Lipinski definition) is 3. The van der Waals surface area contributed by atoms with Crippen molar-refractivity contribution in [3.05, 3.63) is 52.6 Å². The van der Waals surface area contributed by atoms with Crippen LogP contribution in [0.15, 0.2) is 46.3 Å². The van der Waals surface area contributed by atoms with Gasteiger partial charge in [-0.05, 0) is 31.6 Å². The van der Waals surface area contributed by atoms with Crippen LogP contribution in [-0.4, -0.2) is 15.9 Å². The number of aryl methyl sites for hydroxylation is 1. The molecule has 0 fully saturated rings. The second-order valence-corrected chi connectivity index (χ2v) is 4.20. The molecule has 0 N–H and O–H groups in total. The van der Waals surface area contributed by atoms with E-state index in [1.165, 1.54) is 4.68 Å². The van der Waals surface area contributed by atoms with Crippen LogP contribution in [0.25, 0.3) is 10.9 Å². The van der Waals surface area contributed by atoms with Crippen molar-refractivity contribution >= 4 is 17.1 Å². The van der Waals surface area contributed by atoms with Gasteiger partial charge >= 0.3 is 0 Å². The van der Waals surface area contributed by atoms with Gasteiger partial charge in [-0.2, -0.15) is 9.78 Å². The Balaban J connectivity index is 2.67. The van der Waals surface area contributed by atoms with E-state index in [4.69, 9.17) is 0 Å². The predicted octanol–water partition coefficient (Wildman–Crippen LogP) is 2.76. The molecule has 0 saturated heterocycles. The van der Waals surface area contributed by atoms with Gasteiger partial charge < -0.3 is 0 Å². The highest BCUT2D eigenvalue weighted by Crippen LogP contribution is 2.09. The fourth-order valence-corrected chi connectivity index (χ4v) is 1.87. The zero-order valence-electron chi connectivity index (χ0n) is 11.2. The maximum absolute atomic E-state index is 12.4. The summed E-state index contributed by atoms with van der Waals surface area (Å²) in [6.07, 6.45) is 6.91. The quantitative estimate of drug-likeness (QED) is 0.789. The third-order valence-electron chi connectivity index (χ3n) is 2.76. The Morgan fingerprint density at radius 1 is 1.37 bits per heavy atom. The molecular weight excluding hydrogens is 238 g/mol. The van der Waals surface area contributed by atoms with Crippen LogP contribution < -0.4 is 5.56 Å². The molecule has 0 aliphatic carbocycles. The van der Waals surface area contributed by atoms with E-state index in [9.17, 15) is 4.79 Å². The first-order chi connectivity index (χ1) is 9.27. The number of fused-ring (bicyclic) bond motifs is 1. The highest BCUT2D eigenvalue weighted by molar-refractivity contribution is 5.77. The normalized spacial score (nSPS) is 11.9. The number of para-hydroxylation sites is 1. The van der Waals surface area contributed by atoms with Crippen LogP contribution in [0.2, 0.25) is 0 Å². The lowest BCUT2D eigenvalue weighted by Gasteiger charge is -2.07. The van der Waals surface area contributed by atoms with Crippen molar-refractivity contribution in [3.63, 3.8) is 0 Å². The van der Waals surface area contributed by atoms with Crippen LogP contribution in [0.4, 0.5) is 0 Å². The molecule has 1 heterocycles. The molecule has 0 atom stereocenters. The van der Waals surface area contributed by atoms with Crippen molar-refractivity contribution in [2.45, 2.75) is 26.7 Å². The average Bonchev–Trinajstić information content (AvgIpc) is 2.43. The zero-order chi connectivity index (χ0) is 13.7. The van der Waals surface area contributed by atoms with Crippen LogP contribution in [0.1, 0.15) is 26.1 Å². The minimum absolute atomic E-state index is 0.116. The molecular formula is C15H17N3O. The predicted molar refractivity (Wildman–Crippen MR) is 78.7 cm³/mol. The van der Waals surface area contributed by atoms with E-state index < -0.39 is 0 Å². The molecule has 0 amide bonds. The fraction of sp³-hybridized carbons (Fsp3) is 0.267. The molecule has 4 nitrogen and oxygen atoms in total. The van der Waals surface area contributed by atoms with Gasteiger partial charge in [0.15, 0.2) is 0 Å². The van der Waals surface area contributed by atoms with Crippen molar-refractivity contribution in [1.82, 2.24) is 9.66 Å². The summed E-state index contributed by atoms with van der Waals surface area (Å²) in [7, 11) is 0. The molecule has 2 rings (SSSR count). The smallest absolute Gasteiger partial charge is 0.267 e. The van der Waals surface area contributed by atoms with Crippen molar-refractivity contribution in [3.8, 4) is 0 Å². The maximum atomic E-state index is 12.4. The van der Waals surface area contributed by atoms with Crippen LogP contribution in [0.3, 0.4) is 0 Å². The minimum Gasteiger partial charge on any atom is -0.267 e. The third kappa shape index (κ3) is 2.78. The molecule has 98 valence electrons. The third-order valence-corrected chi connectivity index (χ3v) is 2.76. The van der Waals surface area contributed by atoms with Gasteiger partial charge in [-0.25, -0.2) is 4.98 Å². The van der Waals surface area contributed by atoms with Crippen LogP contribution in [0, 0.1) is 0 Å². The number of aromatic nitrogens is 2. The van der Waals surface area contributed by atoms with E-state index in [0.717, 1.165) is 18.4 Å². The van der Waals surface area contributed by atoms with Gasteiger partial charge in [-0.1, -0.05) is 25.1 Å². The molecule has 0 bridgehead atoms. The molecule has 4 heteroatoms. The standard InChI is InChI=1S/C15H17N3O/c1-3-5-11-16-18-14(8-4-2)17-13-10-7-6-9-12(13)15(18)19/h3,5-7,9-11H,4,8H2,1-2H3/b5-3-,16-11-. The van der Waals surface area contributed by atoms with Crippen molar-refractivity contribution in [2.24, 2.45) is 5.10 Å². The Hall–Kier alpha value is -2.23. The average molecular weight is 255 g/mol. The summed E-state index contributed by atoms with van der Waals surface area (Å²) in [6, 6.07) is 7.36. The van der Waals surface area contributed by atoms with Crippen molar-refractivity contribution < 1.29 is 0 Å². The van der Waals surface area contributed by atoms with Crippen LogP contribution >= 0.6 is 0 Å². The van der Waals surface area contributed by atoms with E-state index in [1.807, 2.05) is 31.2 Å².